The summed E-state index contributed by atoms with van der Waals surface area (Å²) in [6, 6.07) is 0.242. The van der Waals surface area contributed by atoms with Gasteiger partial charge in [0.15, 0.2) is 0 Å². The van der Waals surface area contributed by atoms with Gasteiger partial charge in [-0.15, -0.1) is 0 Å². The van der Waals surface area contributed by atoms with Gasteiger partial charge >= 0.3 is 6.03 Å². The Hall–Kier alpha value is -1.04. The molecule has 96 valence electrons. The number of halogens is 1. The maximum atomic E-state index is 11.7. The topological polar surface area (TPSA) is 56.7 Å². The summed E-state index contributed by atoms with van der Waals surface area (Å²) in [4.78, 5) is 17.8. The smallest absolute Gasteiger partial charge is 0.323 e. The molecule has 0 atom stereocenters. The number of aliphatic imine (C=N–C) groups is 1. The minimum atomic E-state index is -0.0496. The molecule has 1 aliphatic rings. The van der Waals surface area contributed by atoms with Gasteiger partial charge in [-0.2, -0.15) is 0 Å². The first-order valence-electron chi connectivity index (χ1n) is 5.80. The number of hydrogen-bond donors (Lipinski definition) is 2. The predicted molar refractivity (Wildman–Crippen MR) is 73.1 cm³/mol. The summed E-state index contributed by atoms with van der Waals surface area (Å²) in [5, 5.41) is 5.68. The van der Waals surface area contributed by atoms with Crippen LogP contribution >= 0.6 is 15.9 Å². The zero-order valence-corrected chi connectivity index (χ0v) is 12.0. The molecule has 1 rings (SSSR count). The summed E-state index contributed by atoms with van der Waals surface area (Å²) < 4.78 is 0.778. The van der Waals surface area contributed by atoms with Crippen molar-refractivity contribution < 1.29 is 4.79 Å². The Morgan fingerprint density at radius 1 is 1.65 bits per heavy atom. The van der Waals surface area contributed by atoms with Crippen LogP contribution in [0.4, 0.5) is 4.79 Å². The Labute approximate surface area is 110 Å². The first-order chi connectivity index (χ1) is 8.12. The van der Waals surface area contributed by atoms with E-state index in [4.69, 9.17) is 0 Å². The molecule has 0 aliphatic carbocycles. The van der Waals surface area contributed by atoms with E-state index in [1.807, 2.05) is 4.90 Å². The van der Waals surface area contributed by atoms with Crippen molar-refractivity contribution in [3.05, 3.63) is 10.8 Å². The maximum absolute atomic E-state index is 11.7. The third kappa shape index (κ3) is 3.73. The summed E-state index contributed by atoms with van der Waals surface area (Å²) >= 11 is 3.29. The highest BCUT2D eigenvalue weighted by atomic mass is 79.9. The average molecular weight is 303 g/mol. The van der Waals surface area contributed by atoms with E-state index in [2.05, 4.69) is 45.4 Å². The molecule has 1 saturated heterocycles. The zero-order chi connectivity index (χ0) is 12.8. The second-order valence-electron chi connectivity index (χ2n) is 3.83. The van der Waals surface area contributed by atoms with E-state index in [1.54, 1.807) is 13.2 Å². The number of rotatable bonds is 5. The summed E-state index contributed by atoms with van der Waals surface area (Å²) in [6.45, 7) is 4.74. The van der Waals surface area contributed by atoms with E-state index in [1.165, 1.54) is 0 Å². The number of urea groups is 1. The maximum Gasteiger partial charge on any atom is 0.323 e. The second kappa shape index (κ2) is 6.64. The molecule has 0 aromatic heterocycles. The number of nitrogens with one attached hydrogen (secondary N) is 2. The van der Waals surface area contributed by atoms with Crippen LogP contribution in [0.15, 0.2) is 15.8 Å². The van der Waals surface area contributed by atoms with Gasteiger partial charge in [0.2, 0.25) is 0 Å². The fourth-order valence-electron chi connectivity index (χ4n) is 1.76. The van der Waals surface area contributed by atoms with E-state index in [-0.39, 0.29) is 6.03 Å². The Morgan fingerprint density at radius 3 is 2.82 bits per heavy atom. The predicted octanol–water partition coefficient (Wildman–Crippen LogP) is 2.01. The molecule has 0 radical (unpaired) electrons. The monoisotopic (exact) mass is 302 g/mol. The van der Waals surface area contributed by atoms with Gasteiger partial charge < -0.3 is 10.2 Å². The van der Waals surface area contributed by atoms with Crippen molar-refractivity contribution in [2.24, 2.45) is 4.99 Å². The van der Waals surface area contributed by atoms with E-state index in [0.29, 0.717) is 18.4 Å². The van der Waals surface area contributed by atoms with Gasteiger partial charge in [0.25, 0.3) is 0 Å². The molecule has 17 heavy (non-hydrogen) atoms. The van der Waals surface area contributed by atoms with Gasteiger partial charge in [0.1, 0.15) is 5.84 Å². The van der Waals surface area contributed by atoms with Crippen molar-refractivity contribution >= 4 is 27.8 Å². The molecule has 0 aromatic carbocycles. The van der Waals surface area contributed by atoms with Gasteiger partial charge in [-0.25, -0.2) is 9.79 Å². The van der Waals surface area contributed by atoms with Crippen LogP contribution in [0.1, 0.15) is 26.7 Å². The van der Waals surface area contributed by atoms with E-state index in [9.17, 15) is 4.79 Å². The fraction of sp³-hybridized carbons (Fsp3) is 0.636. The van der Waals surface area contributed by atoms with E-state index < -0.39 is 0 Å². The lowest BCUT2D eigenvalue weighted by Gasteiger charge is -2.23. The molecule has 0 unspecified atom stereocenters. The fourth-order valence-corrected chi connectivity index (χ4v) is 1.87. The van der Waals surface area contributed by atoms with Crippen molar-refractivity contribution in [2.45, 2.75) is 32.7 Å². The molecule has 0 aromatic rings. The SMILES string of the molecule is CCC(CC)N1CC(=N/C=C(/Br)NC)NC1=O. The minimum Gasteiger partial charge on any atom is -0.381 e. The van der Waals surface area contributed by atoms with Gasteiger partial charge in [-0.3, -0.25) is 5.32 Å². The van der Waals surface area contributed by atoms with Crippen molar-refractivity contribution in [1.82, 2.24) is 15.5 Å². The highest BCUT2D eigenvalue weighted by molar-refractivity contribution is 9.11. The van der Waals surface area contributed by atoms with E-state index in [0.717, 1.165) is 17.4 Å². The molecular formula is C11H19BrN4O. The molecule has 2 N–H and O–H groups in total. The Kier molecular flexibility index (Phi) is 5.47. The molecule has 1 heterocycles. The highest BCUT2D eigenvalue weighted by Crippen LogP contribution is 2.12. The summed E-state index contributed by atoms with van der Waals surface area (Å²) in [7, 11) is 1.80. The number of carbonyl (C=O) groups excluding carboxylic acids is 1. The molecule has 1 fully saturated rings. The Morgan fingerprint density at radius 2 is 2.29 bits per heavy atom. The van der Waals surface area contributed by atoms with Crippen LogP contribution in [0.3, 0.4) is 0 Å². The summed E-state index contributed by atoms with van der Waals surface area (Å²) in [5.74, 6) is 0.689. The van der Waals surface area contributed by atoms with Crippen LogP contribution in [0, 0.1) is 0 Å². The van der Waals surface area contributed by atoms with Crippen molar-refractivity contribution in [1.29, 1.82) is 0 Å². The Balaban J connectivity index is 2.69. The number of amidine groups is 1. The van der Waals surface area contributed by atoms with Crippen molar-refractivity contribution in [2.75, 3.05) is 13.6 Å². The Bertz CT molecular complexity index is 336. The van der Waals surface area contributed by atoms with Crippen LogP contribution in [0.5, 0.6) is 0 Å². The lowest BCUT2D eigenvalue weighted by atomic mass is 10.1. The van der Waals surface area contributed by atoms with E-state index >= 15 is 0 Å². The quantitative estimate of drug-likeness (QED) is 0.763. The third-order valence-corrected chi connectivity index (χ3v) is 3.39. The first kappa shape index (κ1) is 14.0. The largest absolute Gasteiger partial charge is 0.381 e. The summed E-state index contributed by atoms with van der Waals surface area (Å²) in [6.07, 6.45) is 3.58. The van der Waals surface area contributed by atoms with Crippen LogP contribution in [0.25, 0.3) is 0 Å². The average Bonchev–Trinajstić information content (AvgIpc) is 2.69. The van der Waals surface area contributed by atoms with Crippen LogP contribution in [0.2, 0.25) is 0 Å². The van der Waals surface area contributed by atoms with Crippen LogP contribution < -0.4 is 10.6 Å². The molecule has 0 spiro atoms. The molecule has 2 amide bonds. The van der Waals surface area contributed by atoms with Gasteiger partial charge in [0.05, 0.1) is 17.4 Å². The van der Waals surface area contributed by atoms with Gasteiger partial charge in [-0.1, -0.05) is 13.8 Å². The van der Waals surface area contributed by atoms with Crippen molar-refractivity contribution in [3.63, 3.8) is 0 Å². The zero-order valence-electron chi connectivity index (χ0n) is 10.5. The number of carbonyl (C=O) groups is 1. The molecule has 1 aliphatic heterocycles. The summed E-state index contributed by atoms with van der Waals surface area (Å²) in [5.41, 5.74) is 0. The van der Waals surface area contributed by atoms with Gasteiger partial charge in [0, 0.05) is 13.1 Å². The number of nitrogens with zero attached hydrogens (tertiary/aromatic N) is 2. The second-order valence-corrected chi connectivity index (χ2v) is 4.69. The van der Waals surface area contributed by atoms with Crippen LogP contribution in [-0.4, -0.2) is 36.4 Å². The normalized spacial score (nSPS) is 19.1. The lowest BCUT2D eigenvalue weighted by Crippen LogP contribution is -2.37. The molecular weight excluding hydrogens is 284 g/mol. The van der Waals surface area contributed by atoms with Crippen molar-refractivity contribution in [3.8, 4) is 0 Å². The minimum absolute atomic E-state index is 0.0496. The van der Waals surface area contributed by atoms with Gasteiger partial charge in [-0.05, 0) is 28.8 Å². The third-order valence-electron chi connectivity index (χ3n) is 2.79. The standard InChI is InChI=1S/C11H19BrN4O/c1-4-8(5-2)16-7-10(15-11(16)17)14-6-9(12)13-3/h6,8,13H,4-5,7H2,1-3H3,(H,14,15,17)/b9-6-. The molecule has 5 nitrogen and oxygen atoms in total. The molecule has 0 bridgehead atoms. The number of amides is 2. The lowest BCUT2D eigenvalue weighted by molar-refractivity contribution is 0.194. The molecule has 6 heteroatoms. The van der Waals surface area contributed by atoms with Crippen LogP contribution in [-0.2, 0) is 0 Å². The molecule has 0 saturated carbocycles. The highest BCUT2D eigenvalue weighted by Gasteiger charge is 2.29. The number of hydrogen-bond acceptors (Lipinski definition) is 3. The first-order valence-corrected chi connectivity index (χ1v) is 6.59.